The Balaban J connectivity index is 0.00000268. The summed E-state index contributed by atoms with van der Waals surface area (Å²) in [6, 6.07) is 9.57. The average Bonchev–Trinajstić information content (AvgIpc) is 3.39. The molecule has 0 saturated heterocycles. The number of nitrogens with two attached hydrogens (primary N) is 1. The van der Waals surface area contributed by atoms with E-state index in [4.69, 9.17) is 17.3 Å². The molecule has 256 valence electrons. The Morgan fingerprint density at radius 3 is 2.39 bits per heavy atom. The molecule has 2 aromatic rings. The van der Waals surface area contributed by atoms with Crippen LogP contribution in [0.5, 0.6) is 0 Å². The van der Waals surface area contributed by atoms with Crippen molar-refractivity contribution in [1.82, 2.24) is 20.4 Å². The maximum absolute atomic E-state index is 12.9. The molecule has 0 spiro atoms. The molecule has 0 fully saturated rings. The molecular weight excluding hydrogens is 628 g/mol. The fourth-order valence-electron chi connectivity index (χ4n) is 4.19. The lowest BCUT2D eigenvalue weighted by Crippen LogP contribution is -2.39. The van der Waals surface area contributed by atoms with Crippen LogP contribution in [0.1, 0.15) is 74.5 Å². The second-order valence-electron chi connectivity index (χ2n) is 9.50. The molecule has 0 aromatic heterocycles. The lowest BCUT2D eigenvalue weighted by atomic mass is 10.1. The predicted octanol–water partition coefficient (Wildman–Crippen LogP) is 5.05. The van der Waals surface area contributed by atoms with Gasteiger partial charge in [-0.25, -0.2) is 4.79 Å². The minimum atomic E-state index is -0.757. The first kappa shape index (κ1) is 42.4. The van der Waals surface area contributed by atoms with Gasteiger partial charge in [-0.15, -0.1) is 0 Å². The van der Waals surface area contributed by atoms with Crippen LogP contribution in [0.3, 0.4) is 0 Å². The number of rotatable bonds is 14. The molecule has 1 aliphatic rings. The highest BCUT2D eigenvalue weighted by Gasteiger charge is 2.33. The topological polar surface area (TPSA) is 154 Å². The van der Waals surface area contributed by atoms with Crippen LogP contribution in [-0.2, 0) is 33.9 Å². The van der Waals surface area contributed by atoms with E-state index in [0.717, 1.165) is 35.4 Å². The lowest BCUT2D eigenvalue weighted by Gasteiger charge is -2.24. The first-order chi connectivity index (χ1) is 22.2. The number of nitrogens with one attached hydrogen (secondary N) is 3. The number of hydrogen-bond acceptors (Lipinski definition) is 7. The fourth-order valence-corrected chi connectivity index (χ4v) is 4.89. The lowest BCUT2D eigenvalue weighted by molar-refractivity contribution is -0.130. The van der Waals surface area contributed by atoms with Gasteiger partial charge in [0.1, 0.15) is 6.29 Å². The van der Waals surface area contributed by atoms with Crippen molar-refractivity contribution in [3.05, 3.63) is 63.7 Å². The molecule has 11 nitrogen and oxygen atoms in total. The maximum Gasteiger partial charge on any atom is 0.319 e. The number of benzene rings is 2. The van der Waals surface area contributed by atoms with Gasteiger partial charge in [0, 0.05) is 42.8 Å². The number of thioether (sulfide) groups is 1. The molecule has 1 atom stereocenters. The van der Waals surface area contributed by atoms with Crippen molar-refractivity contribution < 1.29 is 24.0 Å². The number of hydrogen-bond donors (Lipinski definition) is 4. The Bertz CT molecular complexity index is 1250. The van der Waals surface area contributed by atoms with Crippen LogP contribution in [0.15, 0.2) is 36.4 Å². The highest BCUT2D eigenvalue weighted by Crippen LogP contribution is 2.27. The summed E-state index contributed by atoms with van der Waals surface area (Å²) in [5.74, 6) is 0.437. The zero-order valence-corrected chi connectivity index (χ0v) is 29.7. The number of carbonyl (C=O) groups is 5. The molecule has 46 heavy (non-hydrogen) atoms. The van der Waals surface area contributed by atoms with Crippen molar-refractivity contribution in [1.29, 1.82) is 0 Å². The SMILES string of the molecule is CC.CC.CCN.CSCCc1ccc(NC(=O)NCc2ccc3c(c2)CN(C(C=O)CCC(=O)N(C)CNC=O)C3=O)cc1Cl. The number of aryl methyl sites for hydroxylation is 1. The standard InChI is InChI=1S/C27H32ClN5O5S.C2H7N.2C2H6/c1-32(16-29-17-35)25(36)8-6-22(15-34)33-14-20-11-18(3-7-23(20)26(33)37)13-30-27(38)31-21-5-4-19(9-10-39-2)24(28)12-21;1-2-3;2*1-2/h3-5,7,11-12,15,17,22H,6,8-10,13-14,16H2,1-2H3,(H,29,35)(H2,30,31,38);2-3H2,1H3;2*1-2H3. The van der Waals surface area contributed by atoms with Gasteiger partial charge in [0.25, 0.3) is 5.91 Å². The monoisotopic (exact) mass is 678 g/mol. The first-order valence-electron chi connectivity index (χ1n) is 15.5. The summed E-state index contributed by atoms with van der Waals surface area (Å²) < 4.78 is 0. The van der Waals surface area contributed by atoms with Crippen LogP contribution in [0.2, 0.25) is 5.02 Å². The smallest absolute Gasteiger partial charge is 0.319 e. The van der Waals surface area contributed by atoms with E-state index in [9.17, 15) is 24.0 Å². The average molecular weight is 679 g/mol. The molecule has 0 aliphatic carbocycles. The van der Waals surface area contributed by atoms with Gasteiger partial charge < -0.3 is 36.3 Å². The molecule has 13 heteroatoms. The van der Waals surface area contributed by atoms with Crippen molar-refractivity contribution in [3.63, 3.8) is 0 Å². The Hall–Kier alpha value is -3.61. The number of carbonyl (C=O) groups excluding carboxylic acids is 5. The third-order valence-electron chi connectivity index (χ3n) is 6.39. The van der Waals surface area contributed by atoms with E-state index in [1.54, 1.807) is 37.0 Å². The van der Waals surface area contributed by atoms with Crippen LogP contribution in [-0.4, -0.2) is 78.7 Å². The number of nitrogens with zero attached hydrogens (tertiary/aromatic N) is 2. The molecule has 0 radical (unpaired) electrons. The van der Waals surface area contributed by atoms with Crippen LogP contribution < -0.4 is 21.7 Å². The highest BCUT2D eigenvalue weighted by molar-refractivity contribution is 7.98. The van der Waals surface area contributed by atoms with Gasteiger partial charge in [-0.3, -0.25) is 14.4 Å². The zero-order valence-electron chi connectivity index (χ0n) is 28.2. The summed E-state index contributed by atoms with van der Waals surface area (Å²) in [6.07, 6.45) is 4.29. The number of halogens is 1. The second kappa shape index (κ2) is 24.6. The fraction of sp³-hybridized carbons (Fsp3) is 0.485. The van der Waals surface area contributed by atoms with Gasteiger partial charge in [0.05, 0.1) is 12.7 Å². The second-order valence-corrected chi connectivity index (χ2v) is 10.9. The molecule has 0 saturated carbocycles. The summed E-state index contributed by atoms with van der Waals surface area (Å²) in [6.45, 7) is 11.2. The van der Waals surface area contributed by atoms with Gasteiger partial charge >= 0.3 is 6.03 Å². The molecule has 1 unspecified atom stereocenters. The Morgan fingerprint density at radius 1 is 1.13 bits per heavy atom. The number of aldehydes is 1. The number of anilines is 1. The number of urea groups is 1. The molecule has 5 amide bonds. The first-order valence-corrected chi connectivity index (χ1v) is 17.3. The van der Waals surface area contributed by atoms with Gasteiger partial charge in [-0.05, 0) is 66.3 Å². The highest BCUT2D eigenvalue weighted by atomic mass is 35.5. The summed E-state index contributed by atoms with van der Waals surface area (Å²) in [4.78, 5) is 62.6. The van der Waals surface area contributed by atoms with E-state index >= 15 is 0 Å². The van der Waals surface area contributed by atoms with Crippen molar-refractivity contribution in [2.45, 2.75) is 73.0 Å². The van der Waals surface area contributed by atoms with E-state index in [1.807, 2.05) is 59.1 Å². The van der Waals surface area contributed by atoms with E-state index in [1.165, 1.54) is 9.80 Å². The van der Waals surface area contributed by atoms with Crippen molar-refractivity contribution in [2.75, 3.05) is 37.6 Å². The summed E-state index contributed by atoms with van der Waals surface area (Å²) in [5, 5.41) is 8.59. The molecule has 2 aromatic carbocycles. The summed E-state index contributed by atoms with van der Waals surface area (Å²) in [5.41, 5.74) is 8.50. The van der Waals surface area contributed by atoms with E-state index in [0.29, 0.717) is 29.0 Å². The molecule has 0 bridgehead atoms. The number of amides is 5. The van der Waals surface area contributed by atoms with Crippen molar-refractivity contribution in [2.24, 2.45) is 5.73 Å². The quantitative estimate of drug-likeness (QED) is 0.161. The van der Waals surface area contributed by atoms with Crippen LogP contribution in [0.4, 0.5) is 10.5 Å². The van der Waals surface area contributed by atoms with Gasteiger partial charge in [-0.2, -0.15) is 11.8 Å². The van der Waals surface area contributed by atoms with E-state index in [-0.39, 0.29) is 50.4 Å². The minimum Gasteiger partial charge on any atom is -0.341 e. The van der Waals surface area contributed by atoms with E-state index < -0.39 is 6.04 Å². The van der Waals surface area contributed by atoms with Crippen LogP contribution >= 0.6 is 23.4 Å². The van der Waals surface area contributed by atoms with Gasteiger partial charge in [0.2, 0.25) is 12.3 Å². The van der Waals surface area contributed by atoms with E-state index in [2.05, 4.69) is 16.0 Å². The summed E-state index contributed by atoms with van der Waals surface area (Å²) in [7, 11) is 1.54. The van der Waals surface area contributed by atoms with Crippen LogP contribution in [0.25, 0.3) is 0 Å². The Kier molecular flexibility index (Phi) is 22.7. The van der Waals surface area contributed by atoms with Crippen molar-refractivity contribution in [3.8, 4) is 0 Å². The molecule has 1 aliphatic heterocycles. The molecule has 1 heterocycles. The van der Waals surface area contributed by atoms with Crippen LogP contribution in [0, 0.1) is 0 Å². The third-order valence-corrected chi connectivity index (χ3v) is 7.35. The molecule has 5 N–H and O–H groups in total. The normalized spacial score (nSPS) is 11.6. The van der Waals surface area contributed by atoms with Gasteiger partial charge in [-0.1, -0.05) is 64.4 Å². The zero-order chi connectivity index (χ0) is 35.1. The summed E-state index contributed by atoms with van der Waals surface area (Å²) >= 11 is 8.07. The minimum absolute atomic E-state index is 0.0522. The maximum atomic E-state index is 12.9. The Labute approximate surface area is 283 Å². The Morgan fingerprint density at radius 2 is 1.80 bits per heavy atom. The molecule has 3 rings (SSSR count). The van der Waals surface area contributed by atoms with Gasteiger partial charge in [0.15, 0.2) is 0 Å². The predicted molar refractivity (Wildman–Crippen MR) is 189 cm³/mol. The molecular formula is C33H51ClN6O5S. The largest absolute Gasteiger partial charge is 0.341 e. The van der Waals surface area contributed by atoms with Crippen molar-refractivity contribution >= 4 is 59.6 Å². The number of fused-ring (bicyclic) bond motifs is 1. The third kappa shape index (κ3) is 14.2.